The van der Waals surface area contributed by atoms with Gasteiger partial charge in [0.05, 0.1) is 23.5 Å². The third kappa shape index (κ3) is 2.68. The minimum absolute atomic E-state index is 0.438. The van der Waals surface area contributed by atoms with Crippen molar-refractivity contribution in [1.29, 1.82) is 0 Å². The summed E-state index contributed by atoms with van der Waals surface area (Å²) in [5.41, 5.74) is 3.40. The minimum atomic E-state index is 0.438. The number of halogens is 1. The zero-order chi connectivity index (χ0) is 13.1. The molecule has 0 aliphatic rings. The molecule has 1 unspecified atom stereocenters. The number of alkyl halides is 1. The van der Waals surface area contributed by atoms with E-state index in [2.05, 4.69) is 41.6 Å². The number of ether oxygens (including phenoxy) is 1. The molecule has 0 saturated carbocycles. The van der Waals surface area contributed by atoms with E-state index in [4.69, 9.17) is 16.3 Å². The molecule has 98 valence electrons. The molecule has 0 N–H and O–H groups in total. The normalized spacial score (nSPS) is 13.1. The SMILES string of the molecule is COCC(C)Cn1c(CCl)nc2cc(C)ccc21. The van der Waals surface area contributed by atoms with E-state index >= 15 is 0 Å². The van der Waals surface area contributed by atoms with Crippen LogP contribution in [0.5, 0.6) is 0 Å². The van der Waals surface area contributed by atoms with Crippen molar-refractivity contribution in [3.05, 3.63) is 29.6 Å². The van der Waals surface area contributed by atoms with Gasteiger partial charge in [0.25, 0.3) is 0 Å². The lowest BCUT2D eigenvalue weighted by atomic mass is 10.2. The number of nitrogens with zero attached hydrogens (tertiary/aromatic N) is 2. The van der Waals surface area contributed by atoms with Gasteiger partial charge in [0.15, 0.2) is 0 Å². The highest BCUT2D eigenvalue weighted by molar-refractivity contribution is 6.16. The Kier molecular flexibility index (Phi) is 4.25. The topological polar surface area (TPSA) is 27.1 Å². The fourth-order valence-electron chi connectivity index (χ4n) is 2.24. The number of fused-ring (bicyclic) bond motifs is 1. The van der Waals surface area contributed by atoms with Gasteiger partial charge >= 0.3 is 0 Å². The molecule has 2 rings (SSSR count). The maximum absolute atomic E-state index is 5.99. The van der Waals surface area contributed by atoms with Gasteiger partial charge in [-0.1, -0.05) is 13.0 Å². The third-order valence-electron chi connectivity index (χ3n) is 3.05. The van der Waals surface area contributed by atoms with E-state index < -0.39 is 0 Å². The van der Waals surface area contributed by atoms with E-state index in [0.29, 0.717) is 11.8 Å². The van der Waals surface area contributed by atoms with Crippen LogP contribution in [-0.4, -0.2) is 23.3 Å². The molecule has 3 nitrogen and oxygen atoms in total. The summed E-state index contributed by atoms with van der Waals surface area (Å²) in [5.74, 6) is 1.81. The third-order valence-corrected chi connectivity index (χ3v) is 3.29. The summed E-state index contributed by atoms with van der Waals surface area (Å²) in [6.07, 6.45) is 0. The van der Waals surface area contributed by atoms with Gasteiger partial charge in [-0.2, -0.15) is 0 Å². The molecule has 0 amide bonds. The molecule has 0 radical (unpaired) electrons. The Hall–Kier alpha value is -1.06. The summed E-state index contributed by atoms with van der Waals surface area (Å²) >= 11 is 5.99. The minimum Gasteiger partial charge on any atom is -0.384 e. The first-order chi connectivity index (χ1) is 8.65. The van der Waals surface area contributed by atoms with Gasteiger partial charge < -0.3 is 9.30 Å². The zero-order valence-electron chi connectivity index (χ0n) is 11.1. The molecular formula is C14H19ClN2O. The molecule has 0 fully saturated rings. The lowest BCUT2D eigenvalue weighted by molar-refractivity contribution is 0.151. The lowest BCUT2D eigenvalue weighted by Crippen LogP contribution is -2.14. The maximum atomic E-state index is 5.99. The Balaban J connectivity index is 2.40. The molecule has 0 saturated heterocycles. The quantitative estimate of drug-likeness (QED) is 0.776. The lowest BCUT2D eigenvalue weighted by Gasteiger charge is -2.13. The van der Waals surface area contributed by atoms with Gasteiger partial charge in [0.2, 0.25) is 0 Å². The van der Waals surface area contributed by atoms with Crippen LogP contribution in [-0.2, 0) is 17.2 Å². The van der Waals surface area contributed by atoms with Crippen molar-refractivity contribution in [2.75, 3.05) is 13.7 Å². The van der Waals surface area contributed by atoms with Crippen LogP contribution in [0.1, 0.15) is 18.3 Å². The molecule has 0 aliphatic carbocycles. The number of aryl methyl sites for hydroxylation is 1. The molecule has 0 aliphatic heterocycles. The van der Waals surface area contributed by atoms with Gasteiger partial charge in [-0.15, -0.1) is 11.6 Å². The average molecular weight is 267 g/mol. The summed E-state index contributed by atoms with van der Waals surface area (Å²) in [5, 5.41) is 0. The molecule has 0 spiro atoms. The highest BCUT2D eigenvalue weighted by Gasteiger charge is 2.12. The summed E-state index contributed by atoms with van der Waals surface area (Å²) in [6, 6.07) is 6.33. The van der Waals surface area contributed by atoms with E-state index in [1.165, 1.54) is 5.56 Å². The Morgan fingerprint density at radius 2 is 2.22 bits per heavy atom. The summed E-state index contributed by atoms with van der Waals surface area (Å²) in [6.45, 7) is 5.87. The molecule has 1 heterocycles. The van der Waals surface area contributed by atoms with Crippen molar-refractivity contribution >= 4 is 22.6 Å². The smallest absolute Gasteiger partial charge is 0.124 e. The van der Waals surface area contributed by atoms with Crippen LogP contribution in [0.3, 0.4) is 0 Å². The van der Waals surface area contributed by atoms with E-state index in [9.17, 15) is 0 Å². The van der Waals surface area contributed by atoms with Crippen LogP contribution in [0.25, 0.3) is 11.0 Å². The predicted octanol–water partition coefficient (Wildman–Crippen LogP) is 3.37. The van der Waals surface area contributed by atoms with E-state index in [1.807, 2.05) is 0 Å². The first-order valence-corrected chi connectivity index (χ1v) is 6.69. The molecule has 1 aromatic heterocycles. The first-order valence-electron chi connectivity index (χ1n) is 6.16. The standard InChI is InChI=1S/C14H19ClN2O/c1-10-4-5-13-12(6-10)16-14(7-15)17(13)8-11(2)9-18-3/h4-6,11H,7-9H2,1-3H3. The highest BCUT2D eigenvalue weighted by atomic mass is 35.5. The fraction of sp³-hybridized carbons (Fsp3) is 0.500. The number of hydrogen-bond donors (Lipinski definition) is 0. The summed E-state index contributed by atoms with van der Waals surface area (Å²) < 4.78 is 7.39. The van der Waals surface area contributed by atoms with Gasteiger partial charge in [0.1, 0.15) is 5.82 Å². The van der Waals surface area contributed by atoms with Crippen LogP contribution in [0.15, 0.2) is 18.2 Å². The van der Waals surface area contributed by atoms with Crippen molar-refractivity contribution < 1.29 is 4.74 Å². The van der Waals surface area contributed by atoms with Crippen LogP contribution in [0.2, 0.25) is 0 Å². The largest absolute Gasteiger partial charge is 0.384 e. The van der Waals surface area contributed by atoms with Crippen LogP contribution in [0.4, 0.5) is 0 Å². The van der Waals surface area contributed by atoms with Gasteiger partial charge in [-0.3, -0.25) is 0 Å². The first kappa shape index (κ1) is 13.4. The molecule has 2 aromatic rings. The van der Waals surface area contributed by atoms with Gasteiger partial charge in [-0.05, 0) is 30.5 Å². The van der Waals surface area contributed by atoms with Crippen molar-refractivity contribution in [3.8, 4) is 0 Å². The summed E-state index contributed by atoms with van der Waals surface area (Å²) in [7, 11) is 1.73. The number of imidazole rings is 1. The highest BCUT2D eigenvalue weighted by Crippen LogP contribution is 2.20. The van der Waals surface area contributed by atoms with E-state index in [0.717, 1.165) is 30.0 Å². The Bertz CT molecular complexity index is 536. The molecule has 4 heteroatoms. The van der Waals surface area contributed by atoms with Crippen molar-refractivity contribution in [1.82, 2.24) is 9.55 Å². The number of aromatic nitrogens is 2. The Morgan fingerprint density at radius 3 is 2.89 bits per heavy atom. The number of rotatable bonds is 5. The molecule has 1 aromatic carbocycles. The monoisotopic (exact) mass is 266 g/mol. The van der Waals surface area contributed by atoms with Crippen LogP contribution in [0, 0.1) is 12.8 Å². The second-order valence-corrected chi connectivity index (χ2v) is 5.09. The van der Waals surface area contributed by atoms with Crippen molar-refractivity contribution in [3.63, 3.8) is 0 Å². The van der Waals surface area contributed by atoms with Crippen molar-refractivity contribution in [2.45, 2.75) is 26.3 Å². The molecule has 1 atom stereocenters. The van der Waals surface area contributed by atoms with Crippen molar-refractivity contribution in [2.24, 2.45) is 5.92 Å². The molecule has 0 bridgehead atoms. The molecular weight excluding hydrogens is 248 g/mol. The Labute approximate surface area is 113 Å². The van der Waals surface area contributed by atoms with Crippen LogP contribution < -0.4 is 0 Å². The predicted molar refractivity (Wildman–Crippen MR) is 75.1 cm³/mol. The van der Waals surface area contributed by atoms with E-state index in [-0.39, 0.29) is 0 Å². The van der Waals surface area contributed by atoms with Crippen LogP contribution >= 0.6 is 11.6 Å². The second-order valence-electron chi connectivity index (χ2n) is 4.82. The Morgan fingerprint density at radius 1 is 1.44 bits per heavy atom. The van der Waals surface area contributed by atoms with E-state index in [1.54, 1.807) is 7.11 Å². The number of benzene rings is 1. The number of hydrogen-bond acceptors (Lipinski definition) is 2. The summed E-state index contributed by atoms with van der Waals surface area (Å²) in [4.78, 5) is 4.60. The van der Waals surface area contributed by atoms with Gasteiger partial charge in [-0.25, -0.2) is 4.98 Å². The van der Waals surface area contributed by atoms with Gasteiger partial charge in [0, 0.05) is 13.7 Å². The number of methoxy groups -OCH3 is 1. The fourth-order valence-corrected chi connectivity index (χ4v) is 2.45. The molecule has 18 heavy (non-hydrogen) atoms. The average Bonchev–Trinajstić information content (AvgIpc) is 2.66. The maximum Gasteiger partial charge on any atom is 0.124 e. The zero-order valence-corrected chi connectivity index (χ0v) is 11.9. The second kappa shape index (κ2) is 5.72.